The molecule has 5 heteroatoms. The summed E-state index contributed by atoms with van der Waals surface area (Å²) < 4.78 is 0. The molecule has 0 aromatic heterocycles. The number of anilines is 1. The van der Waals surface area contributed by atoms with E-state index in [9.17, 15) is 9.59 Å². The number of amides is 2. The van der Waals surface area contributed by atoms with Gasteiger partial charge in [-0.3, -0.25) is 9.59 Å². The summed E-state index contributed by atoms with van der Waals surface area (Å²) in [7, 11) is 0. The Labute approximate surface area is 135 Å². The Morgan fingerprint density at radius 2 is 1.86 bits per heavy atom. The van der Waals surface area contributed by atoms with E-state index in [0.717, 1.165) is 42.9 Å². The number of fused-ring (bicyclic) bond motifs is 1. The van der Waals surface area contributed by atoms with E-state index < -0.39 is 0 Å². The lowest BCUT2D eigenvalue weighted by molar-refractivity contribution is -0.116. The monoisotopic (exact) mass is 318 g/mol. The molecule has 4 nitrogen and oxygen atoms in total. The number of hydrogen-bond acceptors (Lipinski definition) is 3. The smallest absolute Gasteiger partial charge is 0.253 e. The third kappa shape index (κ3) is 2.86. The molecule has 0 N–H and O–H groups in total. The van der Waals surface area contributed by atoms with E-state index in [1.807, 2.05) is 34.9 Å². The maximum absolute atomic E-state index is 12.7. The number of benzene rings is 1. The number of carbonyl (C=O) groups excluding carboxylic acids is 2. The standard InChI is InChI=1S/C17H22N2O2S/c1-11-9-18(10-12(2)22-11)17(21)15-4-5-16-14(8-15)6-7-19(16)13(3)20/h4-5,8,11-12H,6-7,9-10H2,1-3H3/t11-,12-/m1/s1. The SMILES string of the molecule is CC(=O)N1CCc2cc(C(=O)N3C[C@@H](C)S[C@H](C)C3)ccc21. The summed E-state index contributed by atoms with van der Waals surface area (Å²) in [6, 6.07) is 5.75. The van der Waals surface area contributed by atoms with Crippen LogP contribution in [0, 0.1) is 0 Å². The van der Waals surface area contributed by atoms with Gasteiger partial charge in [-0.25, -0.2) is 0 Å². The van der Waals surface area contributed by atoms with Gasteiger partial charge in [0.25, 0.3) is 5.91 Å². The first-order valence-electron chi connectivity index (χ1n) is 7.81. The summed E-state index contributed by atoms with van der Waals surface area (Å²) in [5, 5.41) is 0.964. The Kier molecular flexibility index (Phi) is 4.17. The quantitative estimate of drug-likeness (QED) is 0.799. The van der Waals surface area contributed by atoms with Gasteiger partial charge < -0.3 is 9.80 Å². The predicted molar refractivity (Wildman–Crippen MR) is 90.6 cm³/mol. The molecule has 0 bridgehead atoms. The van der Waals surface area contributed by atoms with Crippen LogP contribution in [0.4, 0.5) is 5.69 Å². The van der Waals surface area contributed by atoms with Crippen LogP contribution in [0.3, 0.4) is 0 Å². The molecule has 2 amide bonds. The molecule has 2 heterocycles. The van der Waals surface area contributed by atoms with Crippen molar-refractivity contribution in [3.63, 3.8) is 0 Å². The predicted octanol–water partition coefficient (Wildman–Crippen LogP) is 2.56. The second-order valence-electron chi connectivity index (χ2n) is 6.23. The molecule has 3 rings (SSSR count). The van der Waals surface area contributed by atoms with Crippen LogP contribution in [0.25, 0.3) is 0 Å². The van der Waals surface area contributed by atoms with Gasteiger partial charge in [-0.1, -0.05) is 13.8 Å². The van der Waals surface area contributed by atoms with Crippen LogP contribution in [-0.4, -0.2) is 46.8 Å². The molecule has 1 fully saturated rings. The maximum Gasteiger partial charge on any atom is 0.253 e. The largest absolute Gasteiger partial charge is 0.336 e. The van der Waals surface area contributed by atoms with Gasteiger partial charge in [0, 0.05) is 48.3 Å². The van der Waals surface area contributed by atoms with Crippen LogP contribution < -0.4 is 4.90 Å². The second-order valence-corrected chi connectivity index (χ2v) is 8.11. The highest BCUT2D eigenvalue weighted by molar-refractivity contribution is 8.00. The van der Waals surface area contributed by atoms with E-state index in [1.165, 1.54) is 0 Å². The van der Waals surface area contributed by atoms with Gasteiger partial charge in [-0.2, -0.15) is 11.8 Å². The van der Waals surface area contributed by atoms with Gasteiger partial charge in [0.05, 0.1) is 0 Å². The molecular weight excluding hydrogens is 296 g/mol. The Morgan fingerprint density at radius 3 is 2.50 bits per heavy atom. The number of hydrogen-bond donors (Lipinski definition) is 0. The van der Waals surface area contributed by atoms with Gasteiger partial charge in [-0.15, -0.1) is 0 Å². The Hall–Kier alpha value is -1.49. The molecule has 0 spiro atoms. The van der Waals surface area contributed by atoms with Crippen molar-refractivity contribution in [3.8, 4) is 0 Å². The first-order valence-corrected chi connectivity index (χ1v) is 8.75. The Bertz CT molecular complexity index is 607. The summed E-state index contributed by atoms with van der Waals surface area (Å²) in [5.74, 6) is 0.177. The average Bonchev–Trinajstić information content (AvgIpc) is 2.88. The van der Waals surface area contributed by atoms with Crippen molar-refractivity contribution in [2.45, 2.75) is 37.7 Å². The topological polar surface area (TPSA) is 40.6 Å². The van der Waals surface area contributed by atoms with E-state index in [1.54, 1.807) is 11.8 Å². The fourth-order valence-corrected chi connectivity index (χ4v) is 4.71. The van der Waals surface area contributed by atoms with Crippen LogP contribution in [0.1, 0.15) is 36.7 Å². The zero-order valence-corrected chi connectivity index (χ0v) is 14.2. The first-order chi connectivity index (χ1) is 10.5. The summed E-state index contributed by atoms with van der Waals surface area (Å²) >= 11 is 1.94. The minimum Gasteiger partial charge on any atom is -0.336 e. The third-order valence-electron chi connectivity index (χ3n) is 4.31. The molecule has 2 aliphatic heterocycles. The van der Waals surface area contributed by atoms with E-state index in [4.69, 9.17) is 0 Å². The van der Waals surface area contributed by atoms with Gasteiger partial charge in [-0.05, 0) is 30.2 Å². The molecule has 2 atom stereocenters. The molecule has 22 heavy (non-hydrogen) atoms. The van der Waals surface area contributed by atoms with Crippen LogP contribution >= 0.6 is 11.8 Å². The van der Waals surface area contributed by atoms with Crippen molar-refractivity contribution in [2.75, 3.05) is 24.5 Å². The molecule has 2 aliphatic rings. The highest BCUT2D eigenvalue weighted by Crippen LogP contribution is 2.30. The lowest BCUT2D eigenvalue weighted by Crippen LogP contribution is -2.44. The summed E-state index contributed by atoms with van der Waals surface area (Å²) in [6.45, 7) is 8.27. The van der Waals surface area contributed by atoms with E-state index in [0.29, 0.717) is 10.5 Å². The van der Waals surface area contributed by atoms with Crippen molar-refractivity contribution in [3.05, 3.63) is 29.3 Å². The van der Waals surface area contributed by atoms with Gasteiger partial charge in [0.1, 0.15) is 0 Å². The minimum atomic E-state index is 0.0635. The fourth-order valence-electron chi connectivity index (χ4n) is 3.39. The number of rotatable bonds is 1. The van der Waals surface area contributed by atoms with Crippen molar-refractivity contribution < 1.29 is 9.59 Å². The zero-order valence-electron chi connectivity index (χ0n) is 13.3. The van der Waals surface area contributed by atoms with Crippen LogP contribution in [0.15, 0.2) is 18.2 Å². The van der Waals surface area contributed by atoms with Gasteiger partial charge in [0.2, 0.25) is 5.91 Å². The van der Waals surface area contributed by atoms with Crippen molar-refractivity contribution in [1.29, 1.82) is 0 Å². The minimum absolute atomic E-state index is 0.0635. The average molecular weight is 318 g/mol. The molecule has 0 saturated carbocycles. The lowest BCUT2D eigenvalue weighted by Gasteiger charge is -2.34. The van der Waals surface area contributed by atoms with E-state index >= 15 is 0 Å². The van der Waals surface area contributed by atoms with Crippen LogP contribution in [0.5, 0.6) is 0 Å². The maximum atomic E-state index is 12.7. The molecule has 118 valence electrons. The molecule has 0 unspecified atom stereocenters. The summed E-state index contributed by atoms with van der Waals surface area (Å²) in [4.78, 5) is 28.1. The molecule has 0 radical (unpaired) electrons. The summed E-state index contributed by atoms with van der Waals surface area (Å²) in [6.07, 6.45) is 0.832. The highest BCUT2D eigenvalue weighted by Gasteiger charge is 2.28. The van der Waals surface area contributed by atoms with Crippen LogP contribution in [-0.2, 0) is 11.2 Å². The third-order valence-corrected chi connectivity index (χ3v) is 5.54. The lowest BCUT2D eigenvalue weighted by atomic mass is 10.1. The van der Waals surface area contributed by atoms with Crippen molar-refractivity contribution >= 4 is 29.3 Å². The normalized spacial score (nSPS) is 24.3. The first kappa shape index (κ1) is 15.4. The van der Waals surface area contributed by atoms with E-state index in [-0.39, 0.29) is 11.8 Å². The second kappa shape index (κ2) is 5.95. The van der Waals surface area contributed by atoms with Crippen LogP contribution in [0.2, 0.25) is 0 Å². The number of carbonyl (C=O) groups is 2. The molecule has 0 aliphatic carbocycles. The molecule has 1 saturated heterocycles. The Morgan fingerprint density at radius 1 is 1.18 bits per heavy atom. The molecule has 1 aromatic carbocycles. The highest BCUT2D eigenvalue weighted by atomic mass is 32.2. The summed E-state index contributed by atoms with van der Waals surface area (Å²) in [5.41, 5.74) is 2.81. The molecular formula is C17H22N2O2S. The van der Waals surface area contributed by atoms with Crippen molar-refractivity contribution in [1.82, 2.24) is 4.90 Å². The number of thioether (sulfide) groups is 1. The molecule has 1 aromatic rings. The fraction of sp³-hybridized carbons (Fsp3) is 0.529. The van der Waals surface area contributed by atoms with Gasteiger partial charge >= 0.3 is 0 Å². The number of nitrogens with zero attached hydrogens (tertiary/aromatic N) is 2. The zero-order chi connectivity index (χ0) is 15.9. The van der Waals surface area contributed by atoms with Crippen molar-refractivity contribution in [2.24, 2.45) is 0 Å². The Balaban J connectivity index is 1.81. The van der Waals surface area contributed by atoms with Gasteiger partial charge in [0.15, 0.2) is 0 Å². The van der Waals surface area contributed by atoms with E-state index in [2.05, 4.69) is 13.8 Å².